The van der Waals surface area contributed by atoms with Crippen molar-refractivity contribution < 1.29 is 9.53 Å². The maximum Gasteiger partial charge on any atom is 0.272 e. The monoisotopic (exact) mass is 431 g/mol. The first-order valence-electron chi connectivity index (χ1n) is 11.3. The molecule has 0 atom stereocenters. The highest BCUT2D eigenvalue weighted by Crippen LogP contribution is 2.26. The Labute approximate surface area is 188 Å². The van der Waals surface area contributed by atoms with E-state index in [1.807, 2.05) is 30.5 Å². The number of pyridine rings is 1. The minimum absolute atomic E-state index is 0.0355. The van der Waals surface area contributed by atoms with E-state index in [0.29, 0.717) is 11.7 Å². The normalized spacial score (nSPS) is 15.9. The van der Waals surface area contributed by atoms with Gasteiger partial charge < -0.3 is 10.1 Å². The van der Waals surface area contributed by atoms with E-state index >= 15 is 0 Å². The van der Waals surface area contributed by atoms with Gasteiger partial charge in [0.15, 0.2) is 5.69 Å². The standard InChI is InChI=1S/C25H29N5O2/c1-32-21-9-5-18(6-10-21)11-15-30-23-12-14-29(16-20-4-2-3-13-26-20)17-22(23)24(28-30)25(31)27-19-7-8-19/h2-6,9-10,13,19H,7-8,11-12,14-17H2,1H3,(H,27,31). The van der Waals surface area contributed by atoms with Gasteiger partial charge in [-0.3, -0.25) is 19.4 Å². The second-order valence-electron chi connectivity index (χ2n) is 8.62. The number of rotatable bonds is 8. The lowest BCUT2D eigenvalue weighted by molar-refractivity contribution is 0.0943. The summed E-state index contributed by atoms with van der Waals surface area (Å²) in [6.07, 6.45) is 5.71. The number of nitrogens with one attached hydrogen (secondary N) is 1. The topological polar surface area (TPSA) is 72.3 Å². The highest BCUT2D eigenvalue weighted by Gasteiger charge is 2.31. The Morgan fingerprint density at radius 3 is 2.75 bits per heavy atom. The van der Waals surface area contributed by atoms with Gasteiger partial charge in [0, 0.05) is 56.1 Å². The average Bonchev–Trinajstić information content (AvgIpc) is 3.57. The SMILES string of the molecule is COc1ccc(CCn2nc(C(=O)NC3CC3)c3c2CCN(Cc2ccccn2)C3)cc1. The third kappa shape index (κ3) is 4.67. The summed E-state index contributed by atoms with van der Waals surface area (Å²) in [6, 6.07) is 14.5. The summed E-state index contributed by atoms with van der Waals surface area (Å²) in [5.74, 6) is 0.823. The van der Waals surface area contributed by atoms with E-state index in [9.17, 15) is 4.79 Å². The third-order valence-corrected chi connectivity index (χ3v) is 6.22. The highest BCUT2D eigenvalue weighted by molar-refractivity contribution is 5.94. The predicted molar refractivity (Wildman–Crippen MR) is 121 cm³/mol. The zero-order valence-electron chi connectivity index (χ0n) is 18.5. The summed E-state index contributed by atoms with van der Waals surface area (Å²) in [5.41, 5.74) is 5.13. The van der Waals surface area contributed by atoms with Gasteiger partial charge in [0.2, 0.25) is 0 Å². The summed E-state index contributed by atoms with van der Waals surface area (Å²) in [7, 11) is 1.68. The molecule has 0 unspecified atom stereocenters. The zero-order valence-corrected chi connectivity index (χ0v) is 18.5. The summed E-state index contributed by atoms with van der Waals surface area (Å²) >= 11 is 0. The molecule has 3 heterocycles. The molecule has 1 amide bonds. The molecule has 1 fully saturated rings. The maximum absolute atomic E-state index is 13.0. The van der Waals surface area contributed by atoms with Crippen molar-refractivity contribution in [3.63, 3.8) is 0 Å². The van der Waals surface area contributed by atoms with Gasteiger partial charge in [-0.1, -0.05) is 18.2 Å². The second-order valence-corrected chi connectivity index (χ2v) is 8.62. The first-order chi connectivity index (χ1) is 15.7. The van der Waals surface area contributed by atoms with Gasteiger partial charge in [-0.05, 0) is 49.1 Å². The predicted octanol–water partition coefficient (Wildman–Crippen LogP) is 2.98. The molecule has 7 nitrogen and oxygen atoms in total. The van der Waals surface area contributed by atoms with Gasteiger partial charge in [0.05, 0.1) is 12.8 Å². The van der Waals surface area contributed by atoms with Crippen molar-refractivity contribution in [2.45, 2.75) is 51.4 Å². The molecule has 2 aliphatic rings. The van der Waals surface area contributed by atoms with Crippen LogP contribution in [0.4, 0.5) is 0 Å². The lowest BCUT2D eigenvalue weighted by atomic mass is 10.0. The molecule has 166 valence electrons. The molecule has 1 N–H and O–H groups in total. The molecule has 1 aliphatic carbocycles. The fraction of sp³-hybridized carbons (Fsp3) is 0.400. The van der Waals surface area contributed by atoms with Gasteiger partial charge in [-0.25, -0.2) is 0 Å². The van der Waals surface area contributed by atoms with Crippen molar-refractivity contribution in [3.8, 4) is 5.75 Å². The Hall–Kier alpha value is -3.19. The number of hydrogen-bond donors (Lipinski definition) is 1. The Kier molecular flexibility index (Phi) is 5.90. The molecule has 1 aromatic carbocycles. The molecular formula is C25H29N5O2. The van der Waals surface area contributed by atoms with Crippen molar-refractivity contribution in [2.75, 3.05) is 13.7 Å². The van der Waals surface area contributed by atoms with E-state index in [1.165, 1.54) is 11.3 Å². The van der Waals surface area contributed by atoms with Crippen molar-refractivity contribution in [1.82, 2.24) is 25.0 Å². The fourth-order valence-electron chi connectivity index (χ4n) is 4.28. The number of fused-ring (bicyclic) bond motifs is 1. The molecule has 3 aromatic rings. The molecule has 0 radical (unpaired) electrons. The third-order valence-electron chi connectivity index (χ3n) is 6.22. The smallest absolute Gasteiger partial charge is 0.272 e. The van der Waals surface area contributed by atoms with Crippen molar-refractivity contribution in [2.24, 2.45) is 0 Å². The van der Waals surface area contributed by atoms with E-state index in [1.54, 1.807) is 7.11 Å². The number of aromatic nitrogens is 3. The highest BCUT2D eigenvalue weighted by atomic mass is 16.5. The number of carbonyl (C=O) groups excluding carboxylic acids is 1. The van der Waals surface area contributed by atoms with Crippen LogP contribution in [0.1, 0.15) is 45.8 Å². The molecular weight excluding hydrogens is 402 g/mol. The molecule has 0 saturated heterocycles. The van der Waals surface area contributed by atoms with Crippen molar-refractivity contribution in [3.05, 3.63) is 76.9 Å². The molecule has 0 bridgehead atoms. The van der Waals surface area contributed by atoms with Crippen LogP contribution >= 0.6 is 0 Å². The molecule has 2 aromatic heterocycles. The number of methoxy groups -OCH3 is 1. The first-order valence-corrected chi connectivity index (χ1v) is 11.3. The van der Waals surface area contributed by atoms with Gasteiger partial charge in [-0.2, -0.15) is 5.10 Å². The van der Waals surface area contributed by atoms with E-state index in [0.717, 1.165) is 68.9 Å². The Bertz CT molecular complexity index is 1070. The second kappa shape index (κ2) is 9.12. The van der Waals surface area contributed by atoms with Crippen LogP contribution in [-0.2, 0) is 32.5 Å². The zero-order chi connectivity index (χ0) is 21.9. The largest absolute Gasteiger partial charge is 0.497 e. The number of hydrogen-bond acceptors (Lipinski definition) is 5. The van der Waals surface area contributed by atoms with Crippen LogP contribution in [0.5, 0.6) is 5.75 Å². The van der Waals surface area contributed by atoms with Gasteiger partial charge in [0.1, 0.15) is 5.75 Å². The Balaban J connectivity index is 1.35. The van der Waals surface area contributed by atoms with Crippen LogP contribution in [0, 0.1) is 0 Å². The van der Waals surface area contributed by atoms with Crippen LogP contribution in [0.15, 0.2) is 48.7 Å². The molecule has 1 saturated carbocycles. The quantitative estimate of drug-likeness (QED) is 0.594. The number of benzene rings is 1. The first kappa shape index (κ1) is 20.7. The van der Waals surface area contributed by atoms with Crippen LogP contribution in [0.3, 0.4) is 0 Å². The van der Waals surface area contributed by atoms with Gasteiger partial charge in [-0.15, -0.1) is 0 Å². The lowest BCUT2D eigenvalue weighted by Gasteiger charge is -2.27. The molecule has 7 heteroatoms. The number of amides is 1. The molecule has 5 rings (SSSR count). The van der Waals surface area contributed by atoms with Gasteiger partial charge >= 0.3 is 0 Å². The average molecular weight is 432 g/mol. The number of carbonyl (C=O) groups is 1. The van der Waals surface area contributed by atoms with Crippen molar-refractivity contribution in [1.29, 1.82) is 0 Å². The van der Waals surface area contributed by atoms with Crippen LogP contribution < -0.4 is 10.1 Å². The van der Waals surface area contributed by atoms with Crippen LogP contribution in [0.2, 0.25) is 0 Å². The lowest BCUT2D eigenvalue weighted by Crippen LogP contribution is -2.33. The van der Waals surface area contributed by atoms with E-state index in [-0.39, 0.29) is 5.91 Å². The summed E-state index contributed by atoms with van der Waals surface area (Å²) < 4.78 is 7.31. The summed E-state index contributed by atoms with van der Waals surface area (Å²) in [6.45, 7) is 3.19. The minimum Gasteiger partial charge on any atom is -0.497 e. The summed E-state index contributed by atoms with van der Waals surface area (Å²) in [4.78, 5) is 19.8. The number of ether oxygens (including phenoxy) is 1. The number of aryl methyl sites for hydroxylation is 2. The minimum atomic E-state index is -0.0355. The fourth-order valence-corrected chi connectivity index (χ4v) is 4.28. The van der Waals surface area contributed by atoms with Crippen molar-refractivity contribution >= 4 is 5.91 Å². The van der Waals surface area contributed by atoms with Crippen LogP contribution in [-0.4, -0.2) is 45.3 Å². The Morgan fingerprint density at radius 1 is 1.19 bits per heavy atom. The number of nitrogens with zero attached hydrogens (tertiary/aromatic N) is 4. The molecule has 0 spiro atoms. The van der Waals surface area contributed by atoms with E-state index in [2.05, 4.69) is 38.1 Å². The maximum atomic E-state index is 13.0. The molecule has 32 heavy (non-hydrogen) atoms. The Morgan fingerprint density at radius 2 is 2.03 bits per heavy atom. The van der Waals surface area contributed by atoms with Crippen LogP contribution in [0.25, 0.3) is 0 Å². The van der Waals surface area contributed by atoms with E-state index in [4.69, 9.17) is 9.84 Å². The summed E-state index contributed by atoms with van der Waals surface area (Å²) in [5, 5.41) is 7.93. The van der Waals surface area contributed by atoms with Gasteiger partial charge in [0.25, 0.3) is 5.91 Å². The molecule has 1 aliphatic heterocycles. The van der Waals surface area contributed by atoms with E-state index < -0.39 is 0 Å².